The molecule has 6 nitrogen and oxygen atoms in total. The largest absolute Gasteiger partial charge is 0.372 e. The van der Waals surface area contributed by atoms with E-state index in [1.807, 2.05) is 24.3 Å². The van der Waals surface area contributed by atoms with Crippen molar-refractivity contribution in [2.75, 3.05) is 24.5 Å². The fourth-order valence-corrected chi connectivity index (χ4v) is 4.10. The maximum atomic E-state index is 12.9. The zero-order chi connectivity index (χ0) is 22.5. The summed E-state index contributed by atoms with van der Waals surface area (Å²) in [5, 5.41) is 3.99. The van der Waals surface area contributed by atoms with Crippen molar-refractivity contribution in [3.63, 3.8) is 0 Å². The quantitative estimate of drug-likeness (QED) is 0.607. The highest BCUT2D eigenvalue weighted by Gasteiger charge is 2.14. The van der Waals surface area contributed by atoms with E-state index < -0.39 is 11.8 Å². The number of benzene rings is 2. The van der Waals surface area contributed by atoms with Crippen molar-refractivity contribution in [1.82, 2.24) is 14.3 Å². The highest BCUT2D eigenvalue weighted by Crippen LogP contribution is 2.28. The Hall–Kier alpha value is -3.26. The molecule has 2 aromatic carbocycles. The van der Waals surface area contributed by atoms with Crippen molar-refractivity contribution < 1.29 is 8.78 Å². The topological polar surface area (TPSA) is 69.1 Å². The highest BCUT2D eigenvalue weighted by atomic mass is 19.3. The number of rotatable bonds is 7. The summed E-state index contributed by atoms with van der Waals surface area (Å²) >= 11 is 0. The van der Waals surface area contributed by atoms with E-state index in [0.29, 0.717) is 6.54 Å². The zero-order valence-electron chi connectivity index (χ0n) is 17.9. The van der Waals surface area contributed by atoms with E-state index in [9.17, 15) is 13.6 Å². The Balaban J connectivity index is 1.56. The fraction of sp³-hybridized carbons (Fsp3) is 0.333. The summed E-state index contributed by atoms with van der Waals surface area (Å²) in [7, 11) is 0. The first-order valence-corrected chi connectivity index (χ1v) is 10.9. The lowest BCUT2D eigenvalue weighted by Crippen LogP contribution is -2.29. The third-order valence-electron chi connectivity index (χ3n) is 5.91. The number of piperidine rings is 1. The van der Waals surface area contributed by atoms with Crippen LogP contribution in [0.4, 0.5) is 14.5 Å². The minimum atomic E-state index is -1.87. The van der Waals surface area contributed by atoms with Gasteiger partial charge in [0.2, 0.25) is 0 Å². The smallest absolute Gasteiger partial charge is 0.346 e. The SMILES string of the molecule is NCC(Cn1ncn(Cc2ccccc2-c2ccc(N3CCCCC3)cc2)c1=O)=C(F)F. The number of anilines is 1. The van der Waals surface area contributed by atoms with E-state index >= 15 is 0 Å². The van der Waals surface area contributed by atoms with Crippen molar-refractivity contribution in [1.29, 1.82) is 0 Å². The average Bonchev–Trinajstić information content (AvgIpc) is 3.17. The van der Waals surface area contributed by atoms with Crippen LogP contribution in [0.15, 0.2) is 71.3 Å². The molecule has 2 heterocycles. The second kappa shape index (κ2) is 9.91. The van der Waals surface area contributed by atoms with Gasteiger partial charge in [-0.2, -0.15) is 13.9 Å². The summed E-state index contributed by atoms with van der Waals surface area (Å²) < 4.78 is 28.2. The summed E-state index contributed by atoms with van der Waals surface area (Å²) in [5.74, 6) is 0. The van der Waals surface area contributed by atoms with E-state index in [4.69, 9.17) is 5.73 Å². The van der Waals surface area contributed by atoms with Crippen molar-refractivity contribution >= 4 is 5.69 Å². The monoisotopic (exact) mass is 439 g/mol. The molecule has 3 aromatic rings. The van der Waals surface area contributed by atoms with Crippen LogP contribution in [0.2, 0.25) is 0 Å². The second-order valence-electron chi connectivity index (χ2n) is 8.02. The third-order valence-corrected chi connectivity index (χ3v) is 5.91. The minimum absolute atomic E-state index is 0.294. The van der Waals surface area contributed by atoms with Gasteiger partial charge >= 0.3 is 5.69 Å². The molecule has 0 bridgehead atoms. The molecule has 0 atom stereocenters. The predicted octanol–water partition coefficient (Wildman–Crippen LogP) is 3.86. The molecule has 2 N–H and O–H groups in total. The van der Waals surface area contributed by atoms with Gasteiger partial charge in [0, 0.05) is 30.9 Å². The van der Waals surface area contributed by atoms with E-state index in [1.165, 1.54) is 35.8 Å². The Labute approximate surface area is 185 Å². The Bertz CT molecular complexity index is 1140. The van der Waals surface area contributed by atoms with Crippen LogP contribution in [0.5, 0.6) is 0 Å². The standard InChI is InChI=1S/C24H27F2N5O/c25-23(26)20(14-27)16-31-24(32)30(17-28-31)15-19-6-2-3-7-22(19)18-8-10-21(11-9-18)29-12-4-1-5-13-29/h2-3,6-11,17H,1,4-5,12-16,27H2. The molecule has 1 aliphatic heterocycles. The van der Waals surface area contributed by atoms with Crippen molar-refractivity contribution in [3.8, 4) is 11.1 Å². The summed E-state index contributed by atoms with van der Waals surface area (Å²) in [6.07, 6.45) is 3.27. The van der Waals surface area contributed by atoms with Gasteiger partial charge in [0.15, 0.2) is 0 Å². The van der Waals surface area contributed by atoms with Crippen LogP contribution >= 0.6 is 0 Å². The Kier molecular flexibility index (Phi) is 6.80. The molecule has 0 radical (unpaired) electrons. The first-order valence-electron chi connectivity index (χ1n) is 10.9. The van der Waals surface area contributed by atoms with Crippen LogP contribution in [0.3, 0.4) is 0 Å². The normalized spacial score (nSPS) is 13.9. The molecule has 0 unspecified atom stereocenters. The summed E-state index contributed by atoms with van der Waals surface area (Å²) in [6, 6.07) is 16.4. The Morgan fingerprint density at radius 3 is 2.41 bits per heavy atom. The highest BCUT2D eigenvalue weighted by molar-refractivity contribution is 5.69. The lowest BCUT2D eigenvalue weighted by Gasteiger charge is -2.29. The van der Waals surface area contributed by atoms with Gasteiger partial charge in [-0.1, -0.05) is 36.4 Å². The van der Waals surface area contributed by atoms with Gasteiger partial charge in [0.05, 0.1) is 13.1 Å². The van der Waals surface area contributed by atoms with E-state index in [-0.39, 0.29) is 18.7 Å². The number of nitrogens with two attached hydrogens (primary N) is 1. The molecule has 0 amide bonds. The number of hydrogen-bond acceptors (Lipinski definition) is 4. The van der Waals surface area contributed by atoms with Crippen molar-refractivity contribution in [3.05, 3.63) is 82.6 Å². The first-order chi connectivity index (χ1) is 15.6. The molecule has 32 heavy (non-hydrogen) atoms. The van der Waals surface area contributed by atoms with Crippen LogP contribution in [-0.2, 0) is 13.1 Å². The fourth-order valence-electron chi connectivity index (χ4n) is 4.10. The van der Waals surface area contributed by atoms with Gasteiger partial charge in [-0.15, -0.1) is 0 Å². The third kappa shape index (κ3) is 4.80. The number of hydrogen-bond donors (Lipinski definition) is 1. The van der Waals surface area contributed by atoms with E-state index in [1.54, 1.807) is 0 Å². The molecular formula is C24H27F2N5O. The molecule has 0 aliphatic carbocycles. The van der Waals surface area contributed by atoms with Gasteiger partial charge in [0.1, 0.15) is 6.33 Å². The van der Waals surface area contributed by atoms with Crippen LogP contribution in [-0.4, -0.2) is 34.0 Å². The Morgan fingerprint density at radius 1 is 1.00 bits per heavy atom. The van der Waals surface area contributed by atoms with E-state index in [0.717, 1.165) is 34.5 Å². The van der Waals surface area contributed by atoms with Crippen LogP contribution < -0.4 is 16.3 Å². The molecule has 1 aliphatic rings. The molecule has 1 fully saturated rings. The summed E-state index contributed by atoms with van der Waals surface area (Å²) in [4.78, 5) is 15.1. The van der Waals surface area contributed by atoms with Gasteiger partial charge in [-0.05, 0) is 48.1 Å². The van der Waals surface area contributed by atoms with Crippen LogP contribution in [0.25, 0.3) is 11.1 Å². The minimum Gasteiger partial charge on any atom is -0.372 e. The summed E-state index contributed by atoms with van der Waals surface area (Å²) in [5.41, 5.74) is 8.87. The van der Waals surface area contributed by atoms with Crippen LogP contribution in [0, 0.1) is 0 Å². The number of halogens is 2. The van der Waals surface area contributed by atoms with Gasteiger partial charge < -0.3 is 10.6 Å². The lowest BCUT2D eigenvalue weighted by atomic mass is 9.99. The molecule has 0 saturated carbocycles. The molecule has 0 spiro atoms. The van der Waals surface area contributed by atoms with Crippen LogP contribution in [0.1, 0.15) is 24.8 Å². The average molecular weight is 440 g/mol. The molecule has 4 rings (SSSR count). The maximum absolute atomic E-state index is 12.9. The van der Waals surface area contributed by atoms with Crippen molar-refractivity contribution in [2.24, 2.45) is 5.73 Å². The Morgan fingerprint density at radius 2 is 1.72 bits per heavy atom. The van der Waals surface area contributed by atoms with Gasteiger partial charge in [-0.3, -0.25) is 4.57 Å². The lowest BCUT2D eigenvalue weighted by molar-refractivity contribution is 0.400. The van der Waals surface area contributed by atoms with Gasteiger partial charge in [0.25, 0.3) is 6.08 Å². The zero-order valence-corrected chi connectivity index (χ0v) is 17.9. The molecule has 8 heteroatoms. The summed E-state index contributed by atoms with van der Waals surface area (Å²) in [6.45, 7) is 1.84. The van der Waals surface area contributed by atoms with Crippen molar-refractivity contribution in [2.45, 2.75) is 32.4 Å². The second-order valence-corrected chi connectivity index (χ2v) is 8.02. The number of nitrogens with zero attached hydrogens (tertiary/aromatic N) is 4. The first kappa shape index (κ1) is 22.0. The van der Waals surface area contributed by atoms with Gasteiger partial charge in [-0.25, -0.2) is 9.48 Å². The maximum Gasteiger partial charge on any atom is 0.346 e. The molecule has 168 valence electrons. The van der Waals surface area contributed by atoms with E-state index in [2.05, 4.69) is 34.3 Å². The molecule has 1 saturated heterocycles. The molecular weight excluding hydrogens is 412 g/mol. The number of aromatic nitrogens is 3. The predicted molar refractivity (Wildman–Crippen MR) is 122 cm³/mol. The molecule has 1 aromatic heterocycles.